The van der Waals surface area contributed by atoms with Crippen LogP contribution in [0.2, 0.25) is 0 Å². The molecular formula is C22H25N3OS2. The third kappa shape index (κ3) is 4.18. The Morgan fingerprint density at radius 3 is 2.68 bits per heavy atom. The average molecular weight is 412 g/mol. The van der Waals surface area contributed by atoms with Crippen LogP contribution in [0.1, 0.15) is 36.8 Å². The van der Waals surface area contributed by atoms with Crippen molar-refractivity contribution in [1.29, 1.82) is 0 Å². The molecule has 1 saturated heterocycles. The topological polar surface area (TPSA) is 55.2 Å². The maximum absolute atomic E-state index is 13.0. The lowest BCUT2D eigenvalue weighted by molar-refractivity contribution is 0.650. The van der Waals surface area contributed by atoms with E-state index in [9.17, 15) is 4.21 Å². The third-order valence-corrected chi connectivity index (χ3v) is 8.58. The lowest BCUT2D eigenvalue weighted by Crippen LogP contribution is -2.15. The normalized spacial score (nSPS) is 16.1. The summed E-state index contributed by atoms with van der Waals surface area (Å²) < 4.78 is 17.6. The van der Waals surface area contributed by atoms with Crippen LogP contribution in [0.4, 0.5) is 5.82 Å². The summed E-state index contributed by atoms with van der Waals surface area (Å²) >= 11 is 1.72. The quantitative estimate of drug-likeness (QED) is 0.527. The Morgan fingerprint density at radius 1 is 1.11 bits per heavy atom. The Bertz CT molecular complexity index is 1100. The molecule has 6 heteroatoms. The van der Waals surface area contributed by atoms with Crippen molar-refractivity contribution in [3.63, 3.8) is 0 Å². The predicted molar refractivity (Wildman–Crippen MR) is 119 cm³/mol. The minimum atomic E-state index is -2.16. The van der Waals surface area contributed by atoms with Crippen molar-refractivity contribution >= 4 is 26.9 Å². The van der Waals surface area contributed by atoms with E-state index in [4.69, 9.17) is 4.98 Å². The Labute approximate surface area is 171 Å². The number of thiazole rings is 1. The zero-order chi connectivity index (χ0) is 19.6. The molecule has 28 heavy (non-hydrogen) atoms. The second-order valence-corrected chi connectivity index (χ2v) is 10.9. The first-order chi connectivity index (χ1) is 13.6. The molecule has 1 aliphatic rings. The summed E-state index contributed by atoms with van der Waals surface area (Å²) in [7, 11) is -2.16. The molecule has 0 spiro atoms. The molecule has 1 aromatic carbocycles. The number of hydrogen-bond donors (Lipinski definition) is 0. The highest BCUT2D eigenvalue weighted by Gasteiger charge is 2.17. The van der Waals surface area contributed by atoms with Crippen molar-refractivity contribution in [2.24, 2.45) is 4.36 Å². The third-order valence-electron chi connectivity index (χ3n) is 4.96. The fourth-order valence-corrected chi connectivity index (χ4v) is 6.66. The largest absolute Gasteiger partial charge is 0.249 e. The molecule has 2 aromatic heterocycles. The van der Waals surface area contributed by atoms with Gasteiger partial charge in [0, 0.05) is 23.3 Å². The molecular weight excluding hydrogens is 386 g/mol. The molecule has 0 bridgehead atoms. The molecule has 0 saturated carbocycles. The molecule has 0 atom stereocenters. The SMILES string of the molecule is CCc1nc(-c2cccc(C)c2)c(-c2ccnc(N=S3(=O)CCCCC3)c2)s1. The monoisotopic (exact) mass is 411 g/mol. The molecule has 0 amide bonds. The number of nitrogens with zero attached hydrogens (tertiary/aromatic N) is 3. The van der Waals surface area contributed by atoms with E-state index >= 15 is 0 Å². The van der Waals surface area contributed by atoms with E-state index in [1.165, 1.54) is 5.56 Å². The van der Waals surface area contributed by atoms with Gasteiger partial charge in [-0.05, 0) is 49.9 Å². The fourth-order valence-electron chi connectivity index (χ4n) is 3.50. The maximum Gasteiger partial charge on any atom is 0.162 e. The highest BCUT2D eigenvalue weighted by Crippen LogP contribution is 2.38. The van der Waals surface area contributed by atoms with Gasteiger partial charge in [0.25, 0.3) is 0 Å². The van der Waals surface area contributed by atoms with Gasteiger partial charge < -0.3 is 0 Å². The van der Waals surface area contributed by atoms with E-state index in [-0.39, 0.29) is 0 Å². The van der Waals surface area contributed by atoms with Crippen LogP contribution in [0, 0.1) is 6.92 Å². The standard InChI is InChI=1S/C22H25N3OS2/c1-3-20-24-21(17-9-7-8-16(2)14-17)22(27-20)18-10-11-23-19(15-18)25-28(26)12-5-4-6-13-28/h7-11,14-15H,3-6,12-13H2,1-2H3. The predicted octanol–water partition coefficient (Wildman–Crippen LogP) is 6.03. The number of aromatic nitrogens is 2. The molecule has 4 rings (SSSR count). The van der Waals surface area contributed by atoms with Crippen molar-refractivity contribution in [2.75, 3.05) is 11.5 Å². The summed E-state index contributed by atoms with van der Waals surface area (Å²) in [6, 6.07) is 12.4. The van der Waals surface area contributed by atoms with Crippen molar-refractivity contribution in [3.05, 3.63) is 53.2 Å². The lowest BCUT2D eigenvalue weighted by atomic mass is 10.1. The van der Waals surface area contributed by atoms with Gasteiger partial charge >= 0.3 is 0 Å². The molecule has 3 aromatic rings. The number of hydrogen-bond acceptors (Lipinski definition) is 5. The Hall–Kier alpha value is -2.05. The minimum Gasteiger partial charge on any atom is -0.249 e. The van der Waals surface area contributed by atoms with Crippen LogP contribution in [0.25, 0.3) is 21.7 Å². The van der Waals surface area contributed by atoms with E-state index < -0.39 is 9.73 Å². The van der Waals surface area contributed by atoms with Crippen molar-refractivity contribution in [2.45, 2.75) is 39.5 Å². The lowest BCUT2D eigenvalue weighted by Gasteiger charge is -2.14. The highest BCUT2D eigenvalue weighted by atomic mass is 32.2. The van der Waals surface area contributed by atoms with Crippen LogP contribution in [0.15, 0.2) is 47.0 Å². The number of pyridine rings is 1. The Kier molecular flexibility index (Phi) is 5.60. The number of aryl methyl sites for hydroxylation is 2. The summed E-state index contributed by atoms with van der Waals surface area (Å²) in [6.07, 6.45) is 5.81. The van der Waals surface area contributed by atoms with E-state index in [1.54, 1.807) is 17.5 Å². The summed E-state index contributed by atoms with van der Waals surface area (Å²) in [5.74, 6) is 1.95. The minimum absolute atomic E-state index is 0.575. The first-order valence-corrected chi connectivity index (χ1v) is 12.5. The zero-order valence-electron chi connectivity index (χ0n) is 16.4. The van der Waals surface area contributed by atoms with Crippen LogP contribution in [0.5, 0.6) is 0 Å². The molecule has 0 radical (unpaired) electrons. The summed E-state index contributed by atoms with van der Waals surface area (Å²) in [6.45, 7) is 4.23. The van der Waals surface area contributed by atoms with Gasteiger partial charge in [-0.1, -0.05) is 37.1 Å². The van der Waals surface area contributed by atoms with Crippen molar-refractivity contribution in [1.82, 2.24) is 9.97 Å². The van der Waals surface area contributed by atoms with Crippen LogP contribution < -0.4 is 0 Å². The van der Waals surface area contributed by atoms with Gasteiger partial charge in [-0.3, -0.25) is 0 Å². The van der Waals surface area contributed by atoms with E-state index in [1.807, 2.05) is 12.1 Å². The van der Waals surface area contributed by atoms with E-state index in [0.29, 0.717) is 17.3 Å². The van der Waals surface area contributed by atoms with Gasteiger partial charge in [0.1, 0.15) is 0 Å². The fraction of sp³-hybridized carbons (Fsp3) is 0.364. The maximum atomic E-state index is 13.0. The molecule has 0 aliphatic carbocycles. The number of rotatable bonds is 4. The van der Waals surface area contributed by atoms with Crippen molar-refractivity contribution < 1.29 is 4.21 Å². The summed E-state index contributed by atoms with van der Waals surface area (Å²) in [5, 5.41) is 1.11. The summed E-state index contributed by atoms with van der Waals surface area (Å²) in [5.41, 5.74) is 4.39. The second-order valence-electron chi connectivity index (χ2n) is 7.24. The first kappa shape index (κ1) is 19.3. The van der Waals surface area contributed by atoms with Crippen LogP contribution in [0.3, 0.4) is 0 Å². The molecule has 1 fully saturated rings. The Balaban J connectivity index is 1.79. The highest BCUT2D eigenvalue weighted by molar-refractivity contribution is 7.93. The van der Waals surface area contributed by atoms with Gasteiger partial charge in [-0.25, -0.2) is 14.2 Å². The molecule has 146 valence electrons. The average Bonchev–Trinajstić information content (AvgIpc) is 3.13. The first-order valence-electron chi connectivity index (χ1n) is 9.82. The van der Waals surface area contributed by atoms with Gasteiger partial charge in [0.05, 0.1) is 25.3 Å². The molecule has 4 nitrogen and oxygen atoms in total. The van der Waals surface area contributed by atoms with Crippen LogP contribution in [-0.4, -0.2) is 25.7 Å². The summed E-state index contributed by atoms with van der Waals surface area (Å²) in [4.78, 5) is 10.4. The smallest absolute Gasteiger partial charge is 0.162 e. The van der Waals surface area contributed by atoms with Crippen LogP contribution >= 0.6 is 11.3 Å². The molecule has 0 N–H and O–H groups in total. The van der Waals surface area contributed by atoms with Gasteiger partial charge in [0.15, 0.2) is 5.82 Å². The van der Waals surface area contributed by atoms with Crippen LogP contribution in [-0.2, 0) is 16.1 Å². The number of benzene rings is 1. The molecule has 1 aliphatic heterocycles. The van der Waals surface area contributed by atoms with E-state index in [0.717, 1.165) is 52.4 Å². The van der Waals surface area contributed by atoms with Gasteiger partial charge in [-0.2, -0.15) is 4.36 Å². The van der Waals surface area contributed by atoms with Crippen molar-refractivity contribution in [3.8, 4) is 21.7 Å². The zero-order valence-corrected chi connectivity index (χ0v) is 18.0. The molecule has 0 unspecified atom stereocenters. The van der Waals surface area contributed by atoms with Gasteiger partial charge in [0.2, 0.25) is 0 Å². The molecule has 3 heterocycles. The second kappa shape index (κ2) is 8.13. The van der Waals surface area contributed by atoms with E-state index in [2.05, 4.69) is 47.5 Å². The van der Waals surface area contributed by atoms with Gasteiger partial charge in [-0.15, -0.1) is 11.3 Å². The Morgan fingerprint density at radius 2 is 1.93 bits per heavy atom.